The molecule has 0 aliphatic carbocycles. The van der Waals surface area contributed by atoms with Gasteiger partial charge in [0.2, 0.25) is 5.96 Å². The molecular formula is C20H23F3N6O2. The lowest BCUT2D eigenvalue weighted by atomic mass is 10.1. The Morgan fingerprint density at radius 1 is 1.32 bits per heavy atom. The highest BCUT2D eigenvalue weighted by Crippen LogP contribution is 2.35. The van der Waals surface area contributed by atoms with E-state index in [1.54, 1.807) is 4.90 Å². The molecule has 0 amide bonds. The Kier molecular flexibility index (Phi) is 4.80. The van der Waals surface area contributed by atoms with Crippen LogP contribution in [-0.4, -0.2) is 88.6 Å². The van der Waals surface area contributed by atoms with Crippen LogP contribution in [-0.2, 0) is 4.74 Å². The van der Waals surface area contributed by atoms with Gasteiger partial charge in [0.05, 0.1) is 25.3 Å². The fourth-order valence-electron chi connectivity index (χ4n) is 4.70. The van der Waals surface area contributed by atoms with Crippen molar-refractivity contribution in [3.63, 3.8) is 0 Å². The minimum absolute atomic E-state index is 0.124. The van der Waals surface area contributed by atoms with E-state index in [2.05, 4.69) is 14.9 Å². The highest BCUT2D eigenvalue weighted by Gasteiger charge is 2.49. The molecule has 166 valence electrons. The first kappa shape index (κ1) is 20.1. The molecular weight excluding hydrogens is 413 g/mol. The number of morpholine rings is 1. The average molecular weight is 436 g/mol. The van der Waals surface area contributed by atoms with E-state index in [1.807, 2.05) is 6.08 Å². The molecule has 4 aliphatic heterocycles. The van der Waals surface area contributed by atoms with E-state index in [0.717, 1.165) is 11.3 Å². The number of fused-ring (bicyclic) bond motifs is 3. The van der Waals surface area contributed by atoms with Crippen LogP contribution in [0.1, 0.15) is 23.2 Å². The fourth-order valence-corrected chi connectivity index (χ4v) is 4.70. The van der Waals surface area contributed by atoms with Crippen molar-refractivity contribution in [3.05, 3.63) is 35.8 Å². The Bertz CT molecular complexity index is 932. The van der Waals surface area contributed by atoms with Crippen molar-refractivity contribution in [2.24, 2.45) is 4.99 Å². The van der Waals surface area contributed by atoms with Crippen LogP contribution in [0.2, 0.25) is 0 Å². The second-order valence-electron chi connectivity index (χ2n) is 8.29. The maximum Gasteiger partial charge on any atom is 0.408 e. The van der Waals surface area contributed by atoms with Crippen molar-refractivity contribution >= 4 is 17.6 Å². The first-order valence-corrected chi connectivity index (χ1v) is 10.3. The fraction of sp³-hybridized carbons (Fsp3) is 0.550. The number of aliphatic imine (C=N–C) groups is 1. The predicted molar refractivity (Wildman–Crippen MR) is 106 cm³/mol. The summed E-state index contributed by atoms with van der Waals surface area (Å²) >= 11 is 0. The number of pyridine rings is 1. The summed E-state index contributed by atoms with van der Waals surface area (Å²) in [5.74, 6) is 0.642. The number of guanidine groups is 1. The first-order chi connectivity index (χ1) is 14.8. The molecule has 1 aromatic rings. The van der Waals surface area contributed by atoms with Gasteiger partial charge in [0.15, 0.2) is 5.78 Å². The predicted octanol–water partition coefficient (Wildman–Crippen LogP) is 1.47. The minimum Gasteiger partial charge on any atom is -0.384 e. The second-order valence-corrected chi connectivity index (χ2v) is 8.29. The molecule has 5 rings (SSSR count). The van der Waals surface area contributed by atoms with Crippen molar-refractivity contribution in [3.8, 4) is 0 Å². The van der Waals surface area contributed by atoms with E-state index in [9.17, 15) is 18.0 Å². The number of carbonyl (C=O) groups is 1. The number of ketones is 1. The van der Waals surface area contributed by atoms with Gasteiger partial charge in [-0.25, -0.2) is 4.98 Å². The normalized spacial score (nSPS) is 27.8. The molecule has 0 saturated carbocycles. The molecule has 5 heterocycles. The molecule has 2 N–H and O–H groups in total. The molecule has 11 heteroatoms. The van der Waals surface area contributed by atoms with E-state index < -0.39 is 24.5 Å². The molecule has 3 atom stereocenters. The van der Waals surface area contributed by atoms with Crippen molar-refractivity contribution in [2.45, 2.75) is 37.2 Å². The van der Waals surface area contributed by atoms with Crippen molar-refractivity contribution in [1.82, 2.24) is 19.7 Å². The number of nitrogens with zero attached hydrogens (tertiary/aromatic N) is 5. The number of rotatable bonds is 4. The number of aromatic nitrogens is 1. The molecule has 8 nitrogen and oxygen atoms in total. The number of likely N-dealkylation sites (tertiary alicyclic amines) is 1. The standard InChI is InChI=1S/C20H23F3N6O2/c21-20(22,23)16-3-5-27-6-4-18(28-9-14-7-13(28)11-31-14)26-19(27)29(16)10-15(30)12-1-2-17(24)25-8-12/h1-2,4,8,13-14,16H,3,5-7,9-11H2,(H2,24,25)/t13-,14+,16-/m0/s1. The smallest absolute Gasteiger partial charge is 0.384 e. The third kappa shape index (κ3) is 3.71. The van der Waals surface area contributed by atoms with Gasteiger partial charge in [0, 0.05) is 31.4 Å². The summed E-state index contributed by atoms with van der Waals surface area (Å²) in [7, 11) is 0. The molecule has 1 aromatic heterocycles. The number of hydrogen-bond acceptors (Lipinski definition) is 8. The first-order valence-electron chi connectivity index (χ1n) is 10.3. The quantitative estimate of drug-likeness (QED) is 0.716. The molecule has 4 aliphatic rings. The summed E-state index contributed by atoms with van der Waals surface area (Å²) < 4.78 is 47.3. The van der Waals surface area contributed by atoms with Crippen LogP contribution >= 0.6 is 0 Å². The Morgan fingerprint density at radius 3 is 2.81 bits per heavy atom. The number of nitrogen functional groups attached to an aromatic ring is 1. The molecule has 0 spiro atoms. The maximum absolute atomic E-state index is 13.9. The van der Waals surface area contributed by atoms with Crippen molar-refractivity contribution in [1.29, 1.82) is 0 Å². The summed E-state index contributed by atoms with van der Waals surface area (Å²) in [5.41, 5.74) is 5.77. The third-order valence-electron chi connectivity index (χ3n) is 6.29. The zero-order valence-electron chi connectivity index (χ0n) is 16.8. The number of carbonyl (C=O) groups excluding carboxylic acids is 1. The molecule has 0 unspecified atom stereocenters. The van der Waals surface area contributed by atoms with Gasteiger partial charge in [0.25, 0.3) is 0 Å². The Morgan fingerprint density at radius 2 is 2.16 bits per heavy atom. The summed E-state index contributed by atoms with van der Waals surface area (Å²) in [5, 5.41) is 0. The van der Waals surface area contributed by atoms with E-state index in [0.29, 0.717) is 25.5 Å². The van der Waals surface area contributed by atoms with Gasteiger partial charge >= 0.3 is 6.18 Å². The number of nitrogens with two attached hydrogens (primary N) is 1. The van der Waals surface area contributed by atoms with Crippen LogP contribution in [0.25, 0.3) is 0 Å². The van der Waals surface area contributed by atoms with Crippen LogP contribution in [0.5, 0.6) is 0 Å². The van der Waals surface area contributed by atoms with Gasteiger partial charge in [-0.05, 0) is 31.1 Å². The summed E-state index contributed by atoms with van der Waals surface area (Å²) in [6.45, 7) is 1.55. The number of ether oxygens (including phenoxy) is 1. The minimum atomic E-state index is -4.48. The van der Waals surface area contributed by atoms with Gasteiger partial charge in [-0.1, -0.05) is 0 Å². The van der Waals surface area contributed by atoms with Gasteiger partial charge in [0.1, 0.15) is 17.7 Å². The Balaban J connectivity index is 1.44. The maximum atomic E-state index is 13.9. The van der Waals surface area contributed by atoms with E-state index >= 15 is 0 Å². The average Bonchev–Trinajstić information content (AvgIpc) is 3.37. The monoisotopic (exact) mass is 436 g/mol. The van der Waals surface area contributed by atoms with Crippen LogP contribution in [0, 0.1) is 0 Å². The summed E-state index contributed by atoms with van der Waals surface area (Å²) in [6, 6.07) is 1.36. The second kappa shape index (κ2) is 7.40. The summed E-state index contributed by atoms with van der Waals surface area (Å²) in [6.07, 6.45) is -0.311. The largest absolute Gasteiger partial charge is 0.408 e. The molecule has 2 bridgehead atoms. The number of Topliss-reactive ketones (excluding diaryl/α,β-unsaturated/α-hetero) is 1. The molecule has 31 heavy (non-hydrogen) atoms. The van der Waals surface area contributed by atoms with Crippen LogP contribution in [0.4, 0.5) is 19.0 Å². The van der Waals surface area contributed by atoms with E-state index in [-0.39, 0.29) is 42.5 Å². The number of hydrogen-bond donors (Lipinski definition) is 1. The van der Waals surface area contributed by atoms with Gasteiger partial charge in [-0.2, -0.15) is 18.2 Å². The Labute approximate surface area is 177 Å². The number of anilines is 1. The van der Waals surface area contributed by atoms with Gasteiger partial charge in [-0.3, -0.25) is 4.79 Å². The van der Waals surface area contributed by atoms with E-state index in [1.165, 1.54) is 18.3 Å². The number of alkyl halides is 3. The van der Waals surface area contributed by atoms with Crippen LogP contribution < -0.4 is 5.73 Å². The zero-order valence-corrected chi connectivity index (χ0v) is 16.8. The van der Waals surface area contributed by atoms with Gasteiger partial charge < -0.3 is 25.2 Å². The lowest BCUT2D eigenvalue weighted by Crippen LogP contribution is -2.61. The van der Waals surface area contributed by atoms with E-state index in [4.69, 9.17) is 10.5 Å². The zero-order chi connectivity index (χ0) is 21.8. The summed E-state index contributed by atoms with van der Waals surface area (Å²) in [4.78, 5) is 26.3. The molecule has 0 aromatic carbocycles. The van der Waals surface area contributed by atoms with Crippen molar-refractivity contribution < 1.29 is 22.7 Å². The van der Waals surface area contributed by atoms with Crippen molar-refractivity contribution in [2.75, 3.05) is 38.5 Å². The molecule has 3 fully saturated rings. The lowest BCUT2D eigenvalue weighted by Gasteiger charge is -2.46. The Hall–Kier alpha value is -2.82. The van der Waals surface area contributed by atoms with Gasteiger partial charge in [-0.15, -0.1) is 0 Å². The lowest BCUT2D eigenvalue weighted by molar-refractivity contribution is -0.179. The van der Waals surface area contributed by atoms with Crippen LogP contribution in [0.3, 0.4) is 0 Å². The molecule has 0 radical (unpaired) electrons. The highest BCUT2D eigenvalue weighted by atomic mass is 19.4. The van der Waals surface area contributed by atoms with Crippen LogP contribution in [0.15, 0.2) is 35.2 Å². The topological polar surface area (TPSA) is 87.3 Å². The molecule has 3 saturated heterocycles. The number of halogens is 3. The highest BCUT2D eigenvalue weighted by molar-refractivity contribution is 6.00. The SMILES string of the molecule is Nc1ccc(C(=O)CN2C3=NC(N4C[C@H]5C[C@H]4CO5)=CCN3CC[C@H]2C(F)(F)F)cn1. The third-order valence-corrected chi connectivity index (χ3v) is 6.29.